The van der Waals surface area contributed by atoms with Gasteiger partial charge in [-0.05, 0) is 47.7 Å². The number of benzene rings is 3. The van der Waals surface area contributed by atoms with Crippen molar-refractivity contribution in [3.8, 4) is 0 Å². The maximum absolute atomic E-state index is 12.7. The zero-order valence-corrected chi connectivity index (χ0v) is 18.6. The smallest absolute Gasteiger partial charge is 0.323 e. The lowest BCUT2D eigenvalue weighted by atomic mass is 9.97. The average Bonchev–Trinajstić information content (AvgIpc) is 2.85. The molecular weight excluding hydrogens is 414 g/mol. The third kappa shape index (κ3) is 6.43. The van der Waals surface area contributed by atoms with Crippen molar-refractivity contribution in [3.05, 3.63) is 95.6 Å². The molecule has 0 aromatic heterocycles. The van der Waals surface area contributed by atoms with Gasteiger partial charge in [0.05, 0.1) is 6.61 Å². The molecule has 170 valence electrons. The Morgan fingerprint density at radius 3 is 2.42 bits per heavy atom. The van der Waals surface area contributed by atoms with Crippen LogP contribution < -0.4 is 10.6 Å². The Labute approximate surface area is 194 Å². The molecule has 3 aromatic carbocycles. The van der Waals surface area contributed by atoms with Crippen molar-refractivity contribution in [2.75, 3.05) is 23.8 Å². The fourth-order valence-electron chi connectivity index (χ4n) is 3.99. The second-order valence-corrected chi connectivity index (χ2v) is 8.10. The number of fused-ring (bicyclic) bond motifs is 1. The van der Waals surface area contributed by atoms with Gasteiger partial charge in [0.15, 0.2) is 0 Å². The van der Waals surface area contributed by atoms with Crippen LogP contribution >= 0.6 is 0 Å². The molecule has 0 saturated heterocycles. The van der Waals surface area contributed by atoms with Crippen LogP contribution in [0.5, 0.6) is 0 Å². The Morgan fingerprint density at radius 1 is 0.879 bits per heavy atom. The van der Waals surface area contributed by atoms with Crippen LogP contribution in [0.2, 0.25) is 0 Å². The van der Waals surface area contributed by atoms with Crippen molar-refractivity contribution in [2.45, 2.75) is 32.4 Å². The number of ether oxygens (including phenoxy) is 1. The lowest BCUT2D eigenvalue weighted by Crippen LogP contribution is -2.36. The van der Waals surface area contributed by atoms with E-state index in [9.17, 15) is 9.59 Å². The van der Waals surface area contributed by atoms with Gasteiger partial charge in [0, 0.05) is 37.5 Å². The average molecular weight is 444 g/mol. The number of anilines is 2. The molecule has 1 heterocycles. The first-order chi connectivity index (χ1) is 16.2. The highest BCUT2D eigenvalue weighted by molar-refractivity contribution is 6.00. The summed E-state index contributed by atoms with van der Waals surface area (Å²) in [7, 11) is 0. The minimum Gasteiger partial charge on any atom is -0.377 e. The Kier molecular flexibility index (Phi) is 7.72. The van der Waals surface area contributed by atoms with Gasteiger partial charge in [0.2, 0.25) is 5.91 Å². The highest BCUT2D eigenvalue weighted by Crippen LogP contribution is 2.27. The Balaban J connectivity index is 1.25. The van der Waals surface area contributed by atoms with Gasteiger partial charge in [-0.2, -0.15) is 0 Å². The lowest BCUT2D eigenvalue weighted by Gasteiger charge is -2.30. The van der Waals surface area contributed by atoms with Crippen LogP contribution in [0.15, 0.2) is 78.9 Å². The molecule has 3 aromatic rings. The summed E-state index contributed by atoms with van der Waals surface area (Å²) in [6.45, 7) is 2.35. The van der Waals surface area contributed by atoms with E-state index in [-0.39, 0.29) is 11.9 Å². The zero-order chi connectivity index (χ0) is 22.9. The Bertz CT molecular complexity index is 1070. The number of rotatable bonds is 8. The second kappa shape index (κ2) is 11.3. The maximum Gasteiger partial charge on any atom is 0.323 e. The number of hydrogen-bond donors (Lipinski definition) is 2. The monoisotopic (exact) mass is 443 g/mol. The lowest BCUT2D eigenvalue weighted by molar-refractivity contribution is -0.132. The van der Waals surface area contributed by atoms with Gasteiger partial charge in [-0.25, -0.2) is 4.79 Å². The number of nitrogens with one attached hydrogen (secondary N) is 2. The summed E-state index contributed by atoms with van der Waals surface area (Å²) in [6.07, 6.45) is 1.89. The van der Waals surface area contributed by atoms with Crippen LogP contribution in [0.25, 0.3) is 0 Å². The van der Waals surface area contributed by atoms with Gasteiger partial charge in [-0.3, -0.25) is 4.79 Å². The first kappa shape index (κ1) is 22.6. The molecule has 0 bridgehead atoms. The molecule has 0 unspecified atom stereocenters. The van der Waals surface area contributed by atoms with Crippen LogP contribution in [0, 0.1) is 0 Å². The molecule has 6 heteroatoms. The molecule has 3 amide bonds. The molecule has 0 radical (unpaired) electrons. The number of amides is 3. The highest BCUT2D eigenvalue weighted by atomic mass is 16.5. The molecule has 0 saturated carbocycles. The molecule has 6 nitrogen and oxygen atoms in total. The van der Waals surface area contributed by atoms with Crippen molar-refractivity contribution in [3.63, 3.8) is 0 Å². The summed E-state index contributed by atoms with van der Waals surface area (Å²) in [5.74, 6) is 0.143. The first-order valence-electron chi connectivity index (χ1n) is 11.3. The van der Waals surface area contributed by atoms with E-state index in [1.54, 1.807) is 0 Å². The van der Waals surface area contributed by atoms with Crippen LogP contribution in [0.1, 0.15) is 29.5 Å². The van der Waals surface area contributed by atoms with Gasteiger partial charge in [-0.15, -0.1) is 0 Å². The summed E-state index contributed by atoms with van der Waals surface area (Å²) >= 11 is 0. The largest absolute Gasteiger partial charge is 0.377 e. The van der Waals surface area contributed by atoms with E-state index in [2.05, 4.69) is 10.6 Å². The number of carbonyl (C=O) groups excluding carboxylic acids is 2. The zero-order valence-electron chi connectivity index (χ0n) is 18.6. The summed E-state index contributed by atoms with van der Waals surface area (Å²) in [5, 5.41) is 5.80. The van der Waals surface area contributed by atoms with Gasteiger partial charge < -0.3 is 20.3 Å². The second-order valence-electron chi connectivity index (χ2n) is 8.10. The molecule has 0 atom stereocenters. The van der Waals surface area contributed by atoms with Gasteiger partial charge in [-0.1, -0.05) is 60.7 Å². The molecule has 1 aliphatic heterocycles. The van der Waals surface area contributed by atoms with E-state index in [1.807, 2.05) is 83.8 Å². The molecule has 0 fully saturated rings. The van der Waals surface area contributed by atoms with Gasteiger partial charge in [0.1, 0.15) is 0 Å². The summed E-state index contributed by atoms with van der Waals surface area (Å²) in [5.41, 5.74) is 4.84. The van der Waals surface area contributed by atoms with E-state index in [0.717, 1.165) is 28.1 Å². The fraction of sp³-hybridized carbons (Fsp3) is 0.259. The van der Waals surface area contributed by atoms with Crippen LogP contribution in [0.3, 0.4) is 0 Å². The quantitative estimate of drug-likeness (QED) is 0.470. The van der Waals surface area contributed by atoms with Crippen molar-refractivity contribution >= 4 is 23.3 Å². The van der Waals surface area contributed by atoms with Crippen molar-refractivity contribution in [2.24, 2.45) is 0 Å². The molecule has 2 N–H and O–H groups in total. The fourth-order valence-corrected chi connectivity index (χ4v) is 3.99. The summed E-state index contributed by atoms with van der Waals surface area (Å²) in [6, 6.07) is 25.0. The minimum atomic E-state index is -0.274. The molecular formula is C27H29N3O3. The van der Waals surface area contributed by atoms with E-state index in [1.165, 1.54) is 0 Å². The van der Waals surface area contributed by atoms with E-state index in [0.29, 0.717) is 45.6 Å². The predicted octanol–water partition coefficient (Wildman–Crippen LogP) is 5.21. The standard InChI is InChI=1S/C27H29N3O3/c31-26(15-8-18-33-20-21-9-3-1-4-10-21)30-17-16-24-22(19-30)11-7-14-25(24)29-27(32)28-23-12-5-2-6-13-23/h1-7,9-14H,8,15-20H2,(H2,28,29,32). The van der Waals surface area contributed by atoms with E-state index in [4.69, 9.17) is 4.74 Å². The van der Waals surface area contributed by atoms with Crippen molar-refractivity contribution in [1.29, 1.82) is 0 Å². The van der Waals surface area contributed by atoms with Gasteiger partial charge >= 0.3 is 6.03 Å². The Morgan fingerprint density at radius 2 is 1.64 bits per heavy atom. The summed E-state index contributed by atoms with van der Waals surface area (Å²) in [4.78, 5) is 27.0. The maximum atomic E-state index is 12.7. The number of urea groups is 1. The number of hydrogen-bond acceptors (Lipinski definition) is 3. The van der Waals surface area contributed by atoms with Crippen LogP contribution in [0.4, 0.5) is 16.2 Å². The SMILES string of the molecule is O=C(Nc1ccccc1)Nc1cccc2c1CCN(C(=O)CCCOCc1ccccc1)C2. The molecule has 4 rings (SSSR count). The molecule has 0 aliphatic carbocycles. The first-order valence-corrected chi connectivity index (χ1v) is 11.3. The topological polar surface area (TPSA) is 70.7 Å². The molecule has 1 aliphatic rings. The van der Waals surface area contributed by atoms with E-state index >= 15 is 0 Å². The van der Waals surface area contributed by atoms with E-state index < -0.39 is 0 Å². The predicted molar refractivity (Wildman–Crippen MR) is 130 cm³/mol. The number of para-hydroxylation sites is 1. The van der Waals surface area contributed by atoms with Crippen molar-refractivity contribution < 1.29 is 14.3 Å². The molecule has 33 heavy (non-hydrogen) atoms. The molecule has 0 spiro atoms. The van der Waals surface area contributed by atoms with Crippen LogP contribution in [-0.4, -0.2) is 30.0 Å². The Hall–Kier alpha value is -3.64. The third-order valence-corrected chi connectivity index (χ3v) is 5.69. The van der Waals surface area contributed by atoms with Crippen LogP contribution in [-0.2, 0) is 29.1 Å². The number of nitrogens with zero attached hydrogens (tertiary/aromatic N) is 1. The number of carbonyl (C=O) groups is 2. The van der Waals surface area contributed by atoms with Gasteiger partial charge in [0.25, 0.3) is 0 Å². The van der Waals surface area contributed by atoms with Crippen molar-refractivity contribution in [1.82, 2.24) is 4.90 Å². The third-order valence-electron chi connectivity index (χ3n) is 5.69. The highest BCUT2D eigenvalue weighted by Gasteiger charge is 2.22. The minimum absolute atomic E-state index is 0.143. The summed E-state index contributed by atoms with van der Waals surface area (Å²) < 4.78 is 5.69. The normalized spacial score (nSPS) is 12.7.